The number of pyridine rings is 1. The summed E-state index contributed by atoms with van der Waals surface area (Å²) < 4.78 is 5.35. The Hall–Kier alpha value is -2.89. The van der Waals surface area contributed by atoms with E-state index in [1.165, 1.54) is 4.90 Å². The average molecular weight is 297 g/mol. The molecular formula is C16H15N3O3. The molecule has 0 saturated heterocycles. The Balaban J connectivity index is 1.77. The largest absolute Gasteiger partial charge is 0.482 e. The first-order valence-electron chi connectivity index (χ1n) is 6.89. The van der Waals surface area contributed by atoms with Crippen molar-refractivity contribution in [2.45, 2.75) is 6.92 Å². The second kappa shape index (κ2) is 5.85. The number of para-hydroxylation sites is 2. The molecule has 1 aromatic heterocycles. The zero-order chi connectivity index (χ0) is 15.5. The molecule has 0 fully saturated rings. The summed E-state index contributed by atoms with van der Waals surface area (Å²) in [7, 11) is 0. The standard InChI is InChI=1S/C16H15N3O3/c1-11-5-4-8-17-16(11)18-14(20)9-19-12-6-2-3-7-13(12)22-10-15(19)21/h2-8H,9-10H2,1H3,(H,17,18,20). The summed E-state index contributed by atoms with van der Waals surface area (Å²) in [6, 6.07) is 10.8. The number of amides is 2. The van der Waals surface area contributed by atoms with Crippen molar-refractivity contribution < 1.29 is 14.3 Å². The molecule has 22 heavy (non-hydrogen) atoms. The van der Waals surface area contributed by atoms with Gasteiger partial charge in [0.05, 0.1) is 5.69 Å². The molecule has 6 nitrogen and oxygen atoms in total. The van der Waals surface area contributed by atoms with Crippen LogP contribution in [0.15, 0.2) is 42.6 Å². The maximum Gasteiger partial charge on any atom is 0.265 e. The molecule has 6 heteroatoms. The second-order valence-corrected chi connectivity index (χ2v) is 4.95. The maximum atomic E-state index is 12.2. The van der Waals surface area contributed by atoms with Gasteiger partial charge in [0.25, 0.3) is 5.91 Å². The van der Waals surface area contributed by atoms with E-state index in [0.717, 1.165) is 5.56 Å². The molecule has 0 atom stereocenters. The lowest BCUT2D eigenvalue weighted by atomic mass is 10.2. The summed E-state index contributed by atoms with van der Waals surface area (Å²) in [6.07, 6.45) is 1.61. The van der Waals surface area contributed by atoms with Crippen molar-refractivity contribution in [1.29, 1.82) is 0 Å². The van der Waals surface area contributed by atoms with Gasteiger partial charge in [0.2, 0.25) is 5.91 Å². The highest BCUT2D eigenvalue weighted by atomic mass is 16.5. The van der Waals surface area contributed by atoms with Crippen molar-refractivity contribution >= 4 is 23.3 Å². The van der Waals surface area contributed by atoms with Crippen LogP contribution in [0.3, 0.4) is 0 Å². The summed E-state index contributed by atoms with van der Waals surface area (Å²) in [4.78, 5) is 29.8. The summed E-state index contributed by atoms with van der Waals surface area (Å²) in [5.41, 5.74) is 1.47. The van der Waals surface area contributed by atoms with Gasteiger partial charge in [-0.05, 0) is 30.7 Å². The van der Waals surface area contributed by atoms with Gasteiger partial charge in [-0.15, -0.1) is 0 Å². The van der Waals surface area contributed by atoms with Gasteiger partial charge < -0.3 is 10.1 Å². The predicted molar refractivity (Wildman–Crippen MR) is 81.9 cm³/mol. The van der Waals surface area contributed by atoms with Gasteiger partial charge >= 0.3 is 0 Å². The van der Waals surface area contributed by atoms with Crippen molar-refractivity contribution in [2.75, 3.05) is 23.4 Å². The Morgan fingerprint density at radius 2 is 2.14 bits per heavy atom. The zero-order valence-corrected chi connectivity index (χ0v) is 12.1. The number of carbonyl (C=O) groups is 2. The minimum Gasteiger partial charge on any atom is -0.482 e. The van der Waals surface area contributed by atoms with E-state index in [1.807, 2.05) is 19.1 Å². The fourth-order valence-electron chi connectivity index (χ4n) is 2.26. The number of hydrogen-bond donors (Lipinski definition) is 1. The van der Waals surface area contributed by atoms with E-state index in [2.05, 4.69) is 10.3 Å². The number of nitrogens with one attached hydrogen (secondary N) is 1. The molecule has 2 aromatic rings. The minimum absolute atomic E-state index is 0.0626. The number of hydrogen-bond acceptors (Lipinski definition) is 4. The molecule has 0 radical (unpaired) electrons. The molecule has 1 aromatic carbocycles. The number of fused-ring (bicyclic) bond motifs is 1. The predicted octanol–water partition coefficient (Wildman–Crippen LogP) is 1.75. The number of aromatic nitrogens is 1. The van der Waals surface area contributed by atoms with Crippen LogP contribution in [0, 0.1) is 6.92 Å². The number of nitrogens with zero attached hydrogens (tertiary/aromatic N) is 2. The minimum atomic E-state index is -0.299. The monoisotopic (exact) mass is 297 g/mol. The quantitative estimate of drug-likeness (QED) is 0.937. The Morgan fingerprint density at radius 3 is 2.95 bits per heavy atom. The zero-order valence-electron chi connectivity index (χ0n) is 12.1. The number of ether oxygens (including phenoxy) is 1. The third-order valence-corrected chi connectivity index (χ3v) is 3.38. The molecule has 0 bridgehead atoms. The molecule has 0 unspecified atom stereocenters. The van der Waals surface area contributed by atoms with E-state index < -0.39 is 0 Å². The highest BCUT2D eigenvalue weighted by molar-refractivity contribution is 6.04. The van der Waals surface area contributed by atoms with Crippen molar-refractivity contribution in [3.63, 3.8) is 0 Å². The Labute approximate surface area is 127 Å². The van der Waals surface area contributed by atoms with Crippen LogP contribution >= 0.6 is 0 Å². The van der Waals surface area contributed by atoms with Crippen LogP contribution in [0.1, 0.15) is 5.56 Å². The fraction of sp³-hybridized carbons (Fsp3) is 0.188. The van der Waals surface area contributed by atoms with Gasteiger partial charge in [-0.1, -0.05) is 18.2 Å². The number of aryl methyl sites for hydroxylation is 1. The number of anilines is 2. The Morgan fingerprint density at radius 1 is 1.32 bits per heavy atom. The highest BCUT2D eigenvalue weighted by Gasteiger charge is 2.27. The number of benzene rings is 1. The molecule has 0 saturated carbocycles. The molecule has 2 amide bonds. The van der Waals surface area contributed by atoms with Crippen LogP contribution in [0.5, 0.6) is 5.75 Å². The number of rotatable bonds is 3. The van der Waals surface area contributed by atoms with Gasteiger partial charge in [-0.25, -0.2) is 4.98 Å². The Bertz CT molecular complexity index is 730. The maximum absolute atomic E-state index is 12.2. The third-order valence-electron chi connectivity index (χ3n) is 3.38. The van der Waals surface area contributed by atoms with Crippen molar-refractivity contribution in [2.24, 2.45) is 0 Å². The first kappa shape index (κ1) is 14.1. The van der Waals surface area contributed by atoms with Crippen LogP contribution in [0.25, 0.3) is 0 Å². The Kier molecular flexibility index (Phi) is 3.74. The van der Waals surface area contributed by atoms with Crippen LogP contribution in [0.2, 0.25) is 0 Å². The van der Waals surface area contributed by atoms with Crippen molar-refractivity contribution in [3.05, 3.63) is 48.2 Å². The van der Waals surface area contributed by atoms with E-state index >= 15 is 0 Å². The van der Waals surface area contributed by atoms with Crippen LogP contribution in [-0.4, -0.2) is 29.9 Å². The van der Waals surface area contributed by atoms with E-state index in [-0.39, 0.29) is 25.0 Å². The molecule has 1 aliphatic rings. The lowest BCUT2D eigenvalue weighted by molar-refractivity contribution is -0.123. The normalized spacial score (nSPS) is 13.3. The van der Waals surface area contributed by atoms with E-state index in [0.29, 0.717) is 17.3 Å². The highest BCUT2D eigenvalue weighted by Crippen LogP contribution is 2.31. The summed E-state index contributed by atoms with van der Waals surface area (Å²) in [5, 5.41) is 2.72. The molecular weight excluding hydrogens is 282 g/mol. The van der Waals surface area contributed by atoms with E-state index in [9.17, 15) is 9.59 Å². The van der Waals surface area contributed by atoms with Crippen LogP contribution in [0.4, 0.5) is 11.5 Å². The lowest BCUT2D eigenvalue weighted by Crippen LogP contribution is -2.43. The van der Waals surface area contributed by atoms with Crippen LogP contribution < -0.4 is 15.0 Å². The van der Waals surface area contributed by atoms with E-state index in [1.54, 1.807) is 30.5 Å². The van der Waals surface area contributed by atoms with Gasteiger partial charge in [-0.2, -0.15) is 0 Å². The molecule has 112 valence electrons. The van der Waals surface area contributed by atoms with Crippen molar-refractivity contribution in [3.8, 4) is 5.75 Å². The summed E-state index contributed by atoms with van der Waals surface area (Å²) in [5.74, 6) is 0.559. The smallest absolute Gasteiger partial charge is 0.265 e. The molecule has 2 heterocycles. The molecule has 1 aliphatic heterocycles. The van der Waals surface area contributed by atoms with Crippen LogP contribution in [-0.2, 0) is 9.59 Å². The van der Waals surface area contributed by atoms with Gasteiger partial charge in [0, 0.05) is 6.20 Å². The molecule has 0 aliphatic carbocycles. The fourth-order valence-corrected chi connectivity index (χ4v) is 2.26. The van der Waals surface area contributed by atoms with Gasteiger partial charge in [0.15, 0.2) is 6.61 Å². The molecule has 3 rings (SSSR count). The second-order valence-electron chi connectivity index (χ2n) is 4.95. The van der Waals surface area contributed by atoms with Crippen molar-refractivity contribution in [1.82, 2.24) is 4.98 Å². The molecule has 1 N–H and O–H groups in total. The van der Waals surface area contributed by atoms with Gasteiger partial charge in [0.1, 0.15) is 18.1 Å². The lowest BCUT2D eigenvalue weighted by Gasteiger charge is -2.28. The average Bonchev–Trinajstić information content (AvgIpc) is 2.52. The topological polar surface area (TPSA) is 71.5 Å². The van der Waals surface area contributed by atoms with Gasteiger partial charge in [-0.3, -0.25) is 14.5 Å². The number of carbonyl (C=O) groups excluding carboxylic acids is 2. The summed E-state index contributed by atoms with van der Waals surface area (Å²) >= 11 is 0. The SMILES string of the molecule is Cc1cccnc1NC(=O)CN1C(=O)COc2ccccc21. The first-order chi connectivity index (χ1) is 10.6. The first-order valence-corrected chi connectivity index (χ1v) is 6.89. The summed E-state index contributed by atoms with van der Waals surface area (Å²) in [6.45, 7) is 1.72. The third kappa shape index (κ3) is 2.76. The van der Waals surface area contributed by atoms with E-state index in [4.69, 9.17) is 4.74 Å². The molecule has 0 spiro atoms.